The maximum Gasteiger partial charge on any atom is 0.238 e. The van der Waals surface area contributed by atoms with Crippen LogP contribution in [0, 0.1) is 13.8 Å². The number of piperidine rings is 1. The van der Waals surface area contributed by atoms with Crippen molar-refractivity contribution < 1.29 is 9.90 Å². The number of hydrogen-bond acceptors (Lipinski definition) is 4. The fourth-order valence-corrected chi connectivity index (χ4v) is 3.08. The highest BCUT2D eigenvalue weighted by molar-refractivity contribution is 5.93. The first-order valence-electron chi connectivity index (χ1n) is 7.62. The molecule has 2 heterocycles. The van der Waals surface area contributed by atoms with Crippen molar-refractivity contribution in [2.45, 2.75) is 52.2 Å². The minimum atomic E-state index is -0.403. The van der Waals surface area contributed by atoms with Crippen LogP contribution < -0.4 is 5.32 Å². The lowest BCUT2D eigenvalue weighted by Gasteiger charge is -2.36. The van der Waals surface area contributed by atoms with Crippen LogP contribution in [0.1, 0.15) is 37.6 Å². The maximum absolute atomic E-state index is 12.3. The zero-order valence-electron chi connectivity index (χ0n) is 13.4. The van der Waals surface area contributed by atoms with Gasteiger partial charge in [0.1, 0.15) is 0 Å². The van der Waals surface area contributed by atoms with Crippen molar-refractivity contribution in [3.8, 4) is 0 Å². The van der Waals surface area contributed by atoms with Gasteiger partial charge in [-0.15, -0.1) is 0 Å². The zero-order valence-corrected chi connectivity index (χ0v) is 13.4. The van der Waals surface area contributed by atoms with Crippen LogP contribution in [0.2, 0.25) is 0 Å². The molecule has 1 aromatic heterocycles. The molecule has 0 bridgehead atoms. The zero-order chi connectivity index (χ0) is 15.6. The summed E-state index contributed by atoms with van der Waals surface area (Å²) in [5.74, 6) is -0.0400. The summed E-state index contributed by atoms with van der Waals surface area (Å²) in [6, 6.07) is 0.0839. The van der Waals surface area contributed by atoms with Gasteiger partial charge in [0.25, 0.3) is 0 Å². The number of aryl methyl sites for hydroxylation is 2. The van der Waals surface area contributed by atoms with E-state index in [9.17, 15) is 9.90 Å². The Labute approximate surface area is 126 Å². The Morgan fingerprint density at radius 2 is 2.19 bits per heavy atom. The molecule has 1 fully saturated rings. The summed E-state index contributed by atoms with van der Waals surface area (Å²) in [5, 5.41) is 17.1. The van der Waals surface area contributed by atoms with Crippen LogP contribution in [0.5, 0.6) is 0 Å². The predicted molar refractivity (Wildman–Crippen MR) is 82.2 cm³/mol. The number of nitrogens with one attached hydrogen (secondary N) is 1. The lowest BCUT2D eigenvalue weighted by atomic mass is 9.98. The minimum Gasteiger partial charge on any atom is -0.392 e. The van der Waals surface area contributed by atoms with Crippen LogP contribution in [-0.4, -0.2) is 50.9 Å². The van der Waals surface area contributed by atoms with Crippen molar-refractivity contribution in [1.29, 1.82) is 0 Å². The van der Waals surface area contributed by atoms with E-state index in [4.69, 9.17) is 0 Å². The molecule has 0 aliphatic carbocycles. The molecule has 0 spiro atoms. The second-order valence-electron chi connectivity index (χ2n) is 5.99. The maximum atomic E-state index is 12.3. The molecule has 2 rings (SSSR count). The lowest BCUT2D eigenvalue weighted by Crippen LogP contribution is -2.48. The van der Waals surface area contributed by atoms with Crippen molar-refractivity contribution >= 4 is 11.6 Å². The van der Waals surface area contributed by atoms with Gasteiger partial charge in [0.15, 0.2) is 0 Å². The van der Waals surface area contributed by atoms with E-state index in [-0.39, 0.29) is 11.9 Å². The number of carbonyl (C=O) groups is 1. The molecular weight excluding hydrogens is 268 g/mol. The second-order valence-corrected chi connectivity index (χ2v) is 5.99. The Balaban J connectivity index is 2.00. The normalized spacial score (nSPS) is 21.3. The van der Waals surface area contributed by atoms with Gasteiger partial charge >= 0.3 is 0 Å². The van der Waals surface area contributed by atoms with Crippen LogP contribution in [0.15, 0.2) is 0 Å². The van der Waals surface area contributed by atoms with E-state index in [0.29, 0.717) is 6.54 Å². The van der Waals surface area contributed by atoms with Gasteiger partial charge in [-0.05, 0) is 40.2 Å². The van der Waals surface area contributed by atoms with Crippen LogP contribution in [0.25, 0.3) is 0 Å². The number of nitrogens with zero attached hydrogens (tertiary/aromatic N) is 3. The molecule has 0 radical (unpaired) electrons. The van der Waals surface area contributed by atoms with Crippen molar-refractivity contribution in [3.63, 3.8) is 0 Å². The second kappa shape index (κ2) is 6.58. The third-order valence-electron chi connectivity index (χ3n) is 4.34. The molecule has 1 aliphatic heterocycles. The van der Waals surface area contributed by atoms with E-state index in [1.165, 1.54) is 0 Å². The topological polar surface area (TPSA) is 70.4 Å². The molecule has 1 aromatic rings. The Kier molecular flexibility index (Phi) is 5.00. The first-order chi connectivity index (χ1) is 9.90. The smallest absolute Gasteiger partial charge is 0.238 e. The van der Waals surface area contributed by atoms with Gasteiger partial charge in [-0.2, -0.15) is 5.10 Å². The van der Waals surface area contributed by atoms with Crippen LogP contribution in [-0.2, 0) is 11.8 Å². The molecule has 0 unspecified atom stereocenters. The number of aromatic nitrogens is 2. The number of anilines is 1. The molecular formula is C15H26N4O2. The molecule has 0 saturated carbocycles. The molecule has 2 atom stereocenters. The summed E-state index contributed by atoms with van der Waals surface area (Å²) in [7, 11) is 1.87. The lowest BCUT2D eigenvalue weighted by molar-refractivity contribution is -0.118. The van der Waals surface area contributed by atoms with E-state index in [2.05, 4.69) is 15.3 Å². The van der Waals surface area contributed by atoms with E-state index in [1.807, 2.05) is 20.9 Å². The fraction of sp³-hybridized carbons (Fsp3) is 0.733. The average molecular weight is 294 g/mol. The molecule has 6 heteroatoms. The summed E-state index contributed by atoms with van der Waals surface area (Å²) >= 11 is 0. The van der Waals surface area contributed by atoms with Gasteiger partial charge in [0, 0.05) is 13.1 Å². The van der Waals surface area contributed by atoms with Gasteiger partial charge in [-0.1, -0.05) is 6.42 Å². The fourth-order valence-electron chi connectivity index (χ4n) is 3.08. The molecule has 2 N–H and O–H groups in total. The Morgan fingerprint density at radius 1 is 1.48 bits per heavy atom. The van der Waals surface area contributed by atoms with Gasteiger partial charge in [0.2, 0.25) is 5.91 Å². The Morgan fingerprint density at radius 3 is 2.76 bits per heavy atom. The number of carbonyl (C=O) groups excluding carboxylic acids is 1. The summed E-state index contributed by atoms with van der Waals surface area (Å²) < 4.78 is 1.77. The highest BCUT2D eigenvalue weighted by Crippen LogP contribution is 2.21. The summed E-state index contributed by atoms with van der Waals surface area (Å²) in [6.07, 6.45) is 2.76. The summed E-state index contributed by atoms with van der Waals surface area (Å²) in [5.41, 5.74) is 2.58. The van der Waals surface area contributed by atoms with Crippen molar-refractivity contribution in [3.05, 3.63) is 11.4 Å². The van der Waals surface area contributed by atoms with Crippen molar-refractivity contribution in [2.75, 3.05) is 18.4 Å². The van der Waals surface area contributed by atoms with Crippen molar-refractivity contribution in [2.24, 2.45) is 7.05 Å². The first-order valence-corrected chi connectivity index (χ1v) is 7.62. The highest BCUT2D eigenvalue weighted by Gasteiger charge is 2.28. The molecule has 0 aromatic carbocycles. The van der Waals surface area contributed by atoms with Crippen LogP contribution in [0.3, 0.4) is 0 Å². The number of aliphatic hydroxyl groups excluding tert-OH is 1. The number of rotatable bonds is 4. The average Bonchev–Trinajstić information content (AvgIpc) is 2.66. The van der Waals surface area contributed by atoms with E-state index < -0.39 is 6.10 Å². The largest absolute Gasteiger partial charge is 0.392 e. The van der Waals surface area contributed by atoms with Gasteiger partial charge in [0.05, 0.1) is 29.7 Å². The van der Waals surface area contributed by atoms with Crippen LogP contribution >= 0.6 is 0 Å². The molecule has 6 nitrogen and oxygen atoms in total. The van der Waals surface area contributed by atoms with Crippen molar-refractivity contribution in [1.82, 2.24) is 14.7 Å². The highest BCUT2D eigenvalue weighted by atomic mass is 16.3. The van der Waals surface area contributed by atoms with Gasteiger partial charge in [-0.25, -0.2) is 0 Å². The van der Waals surface area contributed by atoms with Crippen LogP contribution in [0.4, 0.5) is 5.69 Å². The van der Waals surface area contributed by atoms with E-state index in [0.717, 1.165) is 42.9 Å². The Hall–Kier alpha value is -1.40. The predicted octanol–water partition coefficient (Wildman–Crippen LogP) is 1.21. The number of likely N-dealkylation sites (tertiary alicyclic amines) is 1. The number of amides is 1. The standard InChI is InChI=1S/C15H26N4O2/c1-10-15(11(2)18(4)17-10)16-14(21)9-19-8-6-5-7-13(19)12(3)20/h12-13,20H,5-9H2,1-4H3,(H,16,21)/t12-,13-/m1/s1. The van der Waals surface area contributed by atoms with Gasteiger partial charge < -0.3 is 10.4 Å². The minimum absolute atomic E-state index is 0.0400. The summed E-state index contributed by atoms with van der Waals surface area (Å²) in [4.78, 5) is 14.4. The monoisotopic (exact) mass is 294 g/mol. The van der Waals surface area contributed by atoms with E-state index in [1.54, 1.807) is 11.6 Å². The quantitative estimate of drug-likeness (QED) is 0.876. The molecule has 1 aliphatic rings. The number of aliphatic hydroxyl groups is 1. The molecule has 1 amide bonds. The van der Waals surface area contributed by atoms with E-state index >= 15 is 0 Å². The third-order valence-corrected chi connectivity index (χ3v) is 4.34. The molecule has 118 valence electrons. The SMILES string of the molecule is Cc1nn(C)c(C)c1NC(=O)CN1CCCC[C@@H]1[C@@H](C)O. The Bertz CT molecular complexity index is 510. The molecule has 21 heavy (non-hydrogen) atoms. The first kappa shape index (κ1) is 16.0. The third kappa shape index (κ3) is 3.63. The van der Waals surface area contributed by atoms with Gasteiger partial charge in [-0.3, -0.25) is 14.4 Å². The summed E-state index contributed by atoms with van der Waals surface area (Å²) in [6.45, 7) is 6.82. The molecule has 1 saturated heterocycles. The number of hydrogen-bond donors (Lipinski definition) is 2.